The van der Waals surface area contributed by atoms with Crippen LogP contribution in [0, 0.1) is 9.39 Å². The summed E-state index contributed by atoms with van der Waals surface area (Å²) in [6, 6.07) is 8.92. The van der Waals surface area contributed by atoms with Crippen LogP contribution in [0.25, 0.3) is 6.08 Å². The van der Waals surface area contributed by atoms with E-state index < -0.39 is 17.8 Å². The number of carbonyl (C=O) groups excluding carboxylic acids is 2. The Morgan fingerprint density at radius 2 is 2.03 bits per heavy atom. The lowest BCUT2D eigenvalue weighted by Gasteiger charge is -2.13. The molecule has 1 fully saturated rings. The minimum atomic E-state index is -0.600. The van der Waals surface area contributed by atoms with Gasteiger partial charge in [-0.25, -0.2) is 9.18 Å². The summed E-state index contributed by atoms with van der Waals surface area (Å²) in [4.78, 5) is 25.9. The number of carbonyl (C=O) groups is 2. The number of rotatable bonds is 7. The van der Waals surface area contributed by atoms with Crippen molar-refractivity contribution in [1.29, 1.82) is 0 Å². The van der Waals surface area contributed by atoms with E-state index in [0.29, 0.717) is 23.7 Å². The van der Waals surface area contributed by atoms with Crippen molar-refractivity contribution < 1.29 is 23.5 Å². The van der Waals surface area contributed by atoms with E-state index in [4.69, 9.17) is 9.47 Å². The smallest absolute Gasteiger partial charge is 0.329 e. The van der Waals surface area contributed by atoms with Crippen LogP contribution in [-0.2, 0) is 11.3 Å². The lowest BCUT2D eigenvalue weighted by atomic mass is 10.1. The zero-order valence-corrected chi connectivity index (χ0v) is 17.7. The van der Waals surface area contributed by atoms with Crippen molar-refractivity contribution in [3.63, 3.8) is 0 Å². The lowest BCUT2D eigenvalue weighted by Crippen LogP contribution is -2.30. The Morgan fingerprint density at radius 1 is 1.28 bits per heavy atom. The molecule has 6 nitrogen and oxygen atoms in total. The molecule has 0 saturated carbocycles. The van der Waals surface area contributed by atoms with E-state index in [9.17, 15) is 14.0 Å². The molecule has 0 radical (unpaired) electrons. The third-order valence-electron chi connectivity index (χ3n) is 4.16. The zero-order valence-electron chi connectivity index (χ0n) is 15.6. The lowest BCUT2D eigenvalue weighted by molar-refractivity contribution is -0.123. The number of imide groups is 1. The molecule has 1 aliphatic rings. The first-order valence-corrected chi connectivity index (χ1v) is 9.71. The summed E-state index contributed by atoms with van der Waals surface area (Å²) >= 11 is 2.10. The molecular weight excluding hydrogens is 490 g/mol. The Kier molecular flexibility index (Phi) is 6.53. The predicted octanol–water partition coefficient (Wildman–Crippen LogP) is 4.10. The van der Waals surface area contributed by atoms with E-state index in [2.05, 4.69) is 34.5 Å². The number of halogens is 2. The molecule has 150 valence electrons. The minimum absolute atomic E-state index is 0.101. The number of ether oxygens (including phenoxy) is 2. The number of hydrogen-bond acceptors (Lipinski definition) is 4. The molecule has 0 bridgehead atoms. The Labute approximate surface area is 181 Å². The first-order valence-electron chi connectivity index (χ1n) is 8.63. The molecule has 3 rings (SSSR count). The molecule has 2 aromatic rings. The van der Waals surface area contributed by atoms with Gasteiger partial charge in [0.05, 0.1) is 17.2 Å². The van der Waals surface area contributed by atoms with E-state index in [1.807, 2.05) is 0 Å². The van der Waals surface area contributed by atoms with Gasteiger partial charge in [0.15, 0.2) is 11.5 Å². The van der Waals surface area contributed by atoms with E-state index in [-0.39, 0.29) is 17.8 Å². The average Bonchev–Trinajstić information content (AvgIpc) is 2.95. The highest BCUT2D eigenvalue weighted by Crippen LogP contribution is 2.35. The summed E-state index contributed by atoms with van der Waals surface area (Å²) < 4.78 is 25.6. The molecule has 0 aliphatic carbocycles. The van der Waals surface area contributed by atoms with Gasteiger partial charge in [-0.2, -0.15) is 0 Å². The van der Waals surface area contributed by atoms with Crippen LogP contribution in [0.4, 0.5) is 9.18 Å². The van der Waals surface area contributed by atoms with Gasteiger partial charge in [-0.3, -0.25) is 9.69 Å². The predicted molar refractivity (Wildman–Crippen MR) is 115 cm³/mol. The maximum absolute atomic E-state index is 13.9. The Balaban J connectivity index is 1.86. The van der Waals surface area contributed by atoms with Crippen LogP contribution in [0.15, 0.2) is 54.8 Å². The quantitative estimate of drug-likeness (QED) is 0.265. The summed E-state index contributed by atoms with van der Waals surface area (Å²) in [6.45, 7) is 3.80. The number of hydrogen-bond donors (Lipinski definition) is 1. The van der Waals surface area contributed by atoms with Gasteiger partial charge >= 0.3 is 6.03 Å². The second-order valence-corrected chi connectivity index (χ2v) is 7.27. The Morgan fingerprint density at radius 3 is 2.72 bits per heavy atom. The van der Waals surface area contributed by atoms with Gasteiger partial charge in [-0.15, -0.1) is 0 Å². The highest BCUT2D eigenvalue weighted by Gasteiger charge is 2.34. The van der Waals surface area contributed by atoms with Crippen molar-refractivity contribution in [1.82, 2.24) is 10.2 Å². The normalized spacial score (nSPS) is 14.9. The summed E-state index contributed by atoms with van der Waals surface area (Å²) in [5, 5.41) is 2.54. The third kappa shape index (κ3) is 4.58. The summed E-state index contributed by atoms with van der Waals surface area (Å²) in [6.07, 6.45) is 3.17. The molecule has 2 aromatic carbocycles. The fourth-order valence-electron chi connectivity index (χ4n) is 2.78. The standard InChI is InChI=1S/C21H18FIN2O4/c1-3-8-29-19-16(23)9-13(11-18(19)28-2)10-17-20(26)25(21(27)24-17)12-14-6-4-5-7-15(14)22/h3-7,9-11H,1,8,12H2,2H3,(H,24,27)/b17-10-. The molecule has 0 aromatic heterocycles. The molecule has 0 atom stereocenters. The highest BCUT2D eigenvalue weighted by molar-refractivity contribution is 14.1. The van der Waals surface area contributed by atoms with Gasteiger partial charge in [0.1, 0.15) is 18.1 Å². The first kappa shape index (κ1) is 20.8. The molecule has 1 heterocycles. The molecule has 8 heteroatoms. The molecule has 0 unspecified atom stereocenters. The van der Waals surface area contributed by atoms with Crippen LogP contribution in [0.5, 0.6) is 11.5 Å². The fraction of sp³-hybridized carbons (Fsp3) is 0.143. The van der Waals surface area contributed by atoms with E-state index >= 15 is 0 Å². The number of urea groups is 1. The van der Waals surface area contributed by atoms with Crippen molar-refractivity contribution in [2.24, 2.45) is 0 Å². The van der Waals surface area contributed by atoms with Crippen LogP contribution < -0.4 is 14.8 Å². The van der Waals surface area contributed by atoms with Gasteiger partial charge in [0.25, 0.3) is 5.91 Å². The Hall–Kier alpha value is -2.88. The number of benzene rings is 2. The second-order valence-electron chi connectivity index (χ2n) is 6.10. The first-order chi connectivity index (χ1) is 13.9. The largest absolute Gasteiger partial charge is 0.493 e. The molecule has 1 saturated heterocycles. The van der Waals surface area contributed by atoms with Crippen molar-refractivity contribution in [2.45, 2.75) is 6.54 Å². The summed E-state index contributed by atoms with van der Waals surface area (Å²) in [7, 11) is 1.52. The number of amides is 3. The zero-order chi connectivity index (χ0) is 21.0. The van der Waals surface area contributed by atoms with E-state index in [0.717, 1.165) is 8.47 Å². The van der Waals surface area contributed by atoms with Crippen molar-refractivity contribution >= 4 is 40.6 Å². The SMILES string of the molecule is C=CCOc1c(I)cc(/C=C2\NC(=O)N(Cc3ccccc3F)C2=O)cc1OC. The fourth-order valence-corrected chi connectivity index (χ4v) is 3.57. The monoisotopic (exact) mass is 508 g/mol. The molecule has 3 amide bonds. The number of methoxy groups -OCH3 is 1. The minimum Gasteiger partial charge on any atom is -0.493 e. The van der Waals surface area contributed by atoms with Crippen LogP contribution in [0.3, 0.4) is 0 Å². The van der Waals surface area contributed by atoms with Crippen LogP contribution in [0.1, 0.15) is 11.1 Å². The second kappa shape index (κ2) is 9.08. The van der Waals surface area contributed by atoms with Gasteiger partial charge in [-0.05, 0) is 52.4 Å². The van der Waals surface area contributed by atoms with Crippen molar-refractivity contribution in [2.75, 3.05) is 13.7 Å². The van der Waals surface area contributed by atoms with E-state index in [1.54, 1.807) is 36.4 Å². The summed E-state index contributed by atoms with van der Waals surface area (Å²) in [5.41, 5.74) is 1.01. The van der Waals surface area contributed by atoms with Gasteiger partial charge in [0.2, 0.25) is 0 Å². The molecule has 1 aliphatic heterocycles. The number of nitrogens with zero attached hydrogens (tertiary/aromatic N) is 1. The highest BCUT2D eigenvalue weighted by atomic mass is 127. The Bertz CT molecular complexity index is 1010. The van der Waals surface area contributed by atoms with E-state index in [1.165, 1.54) is 19.2 Å². The molecule has 1 N–H and O–H groups in total. The molecule has 29 heavy (non-hydrogen) atoms. The van der Waals surface area contributed by atoms with Crippen LogP contribution >= 0.6 is 22.6 Å². The maximum atomic E-state index is 13.9. The average molecular weight is 508 g/mol. The maximum Gasteiger partial charge on any atom is 0.329 e. The van der Waals surface area contributed by atoms with Crippen LogP contribution in [-0.4, -0.2) is 30.6 Å². The molecular formula is C21H18FIN2O4. The van der Waals surface area contributed by atoms with Gasteiger partial charge < -0.3 is 14.8 Å². The molecule has 0 spiro atoms. The van der Waals surface area contributed by atoms with Crippen LogP contribution in [0.2, 0.25) is 0 Å². The number of nitrogens with one attached hydrogen (secondary N) is 1. The third-order valence-corrected chi connectivity index (χ3v) is 4.96. The van der Waals surface area contributed by atoms with Crippen molar-refractivity contribution in [3.05, 3.63) is 75.3 Å². The van der Waals surface area contributed by atoms with Gasteiger partial charge in [0, 0.05) is 5.56 Å². The summed E-state index contributed by atoms with van der Waals surface area (Å²) in [5.74, 6) is 0.0582. The van der Waals surface area contributed by atoms with Gasteiger partial charge in [-0.1, -0.05) is 30.9 Å². The van der Waals surface area contributed by atoms with Crippen molar-refractivity contribution in [3.8, 4) is 11.5 Å². The topological polar surface area (TPSA) is 67.9 Å².